The SMILES string of the molecule is CCOC(=O)N1CCN(c2c(Cl)cccc2CN)CC1. The third kappa shape index (κ3) is 3.16. The number of rotatable bonds is 3. The first-order valence-electron chi connectivity index (χ1n) is 6.81. The number of ether oxygens (including phenoxy) is 1. The summed E-state index contributed by atoms with van der Waals surface area (Å²) in [6.45, 7) is 5.40. The van der Waals surface area contributed by atoms with Crippen LogP contribution in [0, 0.1) is 0 Å². The van der Waals surface area contributed by atoms with Crippen LogP contribution >= 0.6 is 11.6 Å². The van der Waals surface area contributed by atoms with Crippen molar-refractivity contribution in [1.82, 2.24) is 4.90 Å². The fourth-order valence-electron chi connectivity index (χ4n) is 2.41. The molecule has 0 atom stereocenters. The minimum Gasteiger partial charge on any atom is -0.450 e. The summed E-state index contributed by atoms with van der Waals surface area (Å²) < 4.78 is 5.01. The lowest BCUT2D eigenvalue weighted by atomic mass is 10.1. The van der Waals surface area contributed by atoms with Gasteiger partial charge in [0, 0.05) is 32.7 Å². The third-order valence-corrected chi connectivity index (χ3v) is 3.72. The third-order valence-electron chi connectivity index (χ3n) is 3.41. The molecule has 0 bridgehead atoms. The van der Waals surface area contributed by atoms with Crippen molar-refractivity contribution in [2.45, 2.75) is 13.5 Å². The number of halogens is 1. The van der Waals surface area contributed by atoms with Gasteiger partial charge in [0.15, 0.2) is 0 Å². The zero-order chi connectivity index (χ0) is 14.5. The zero-order valence-corrected chi connectivity index (χ0v) is 12.4. The Morgan fingerprint density at radius 3 is 2.65 bits per heavy atom. The van der Waals surface area contributed by atoms with Crippen LogP contribution < -0.4 is 10.6 Å². The van der Waals surface area contributed by atoms with Crippen molar-refractivity contribution in [2.75, 3.05) is 37.7 Å². The summed E-state index contributed by atoms with van der Waals surface area (Å²) in [5.74, 6) is 0. The molecule has 1 aromatic rings. The van der Waals surface area contributed by atoms with Gasteiger partial charge >= 0.3 is 6.09 Å². The van der Waals surface area contributed by atoms with Gasteiger partial charge in [0.2, 0.25) is 0 Å². The van der Waals surface area contributed by atoms with Gasteiger partial charge in [-0.25, -0.2) is 4.79 Å². The van der Waals surface area contributed by atoms with Crippen LogP contribution in [0.2, 0.25) is 5.02 Å². The number of carbonyl (C=O) groups excluding carboxylic acids is 1. The summed E-state index contributed by atoms with van der Waals surface area (Å²) in [7, 11) is 0. The number of nitrogens with zero attached hydrogens (tertiary/aromatic N) is 2. The number of carbonyl (C=O) groups is 1. The average Bonchev–Trinajstić information content (AvgIpc) is 2.47. The molecule has 20 heavy (non-hydrogen) atoms. The number of benzene rings is 1. The molecule has 110 valence electrons. The van der Waals surface area contributed by atoms with Gasteiger partial charge in [-0.15, -0.1) is 0 Å². The molecule has 1 aromatic carbocycles. The van der Waals surface area contributed by atoms with E-state index >= 15 is 0 Å². The van der Waals surface area contributed by atoms with Crippen molar-refractivity contribution >= 4 is 23.4 Å². The molecule has 1 fully saturated rings. The summed E-state index contributed by atoms with van der Waals surface area (Å²) in [6.07, 6.45) is -0.245. The molecule has 2 N–H and O–H groups in total. The van der Waals surface area contributed by atoms with Crippen molar-refractivity contribution in [2.24, 2.45) is 5.73 Å². The van der Waals surface area contributed by atoms with Crippen LogP contribution in [0.25, 0.3) is 0 Å². The minimum absolute atomic E-state index is 0.245. The van der Waals surface area contributed by atoms with Crippen LogP contribution in [-0.2, 0) is 11.3 Å². The number of nitrogens with two attached hydrogens (primary N) is 1. The lowest BCUT2D eigenvalue weighted by Gasteiger charge is -2.36. The van der Waals surface area contributed by atoms with Crippen LogP contribution in [0.1, 0.15) is 12.5 Å². The van der Waals surface area contributed by atoms with E-state index in [1.54, 1.807) is 4.90 Å². The molecule has 1 saturated heterocycles. The van der Waals surface area contributed by atoms with Gasteiger partial charge in [0.05, 0.1) is 17.3 Å². The Bertz CT molecular complexity index is 473. The van der Waals surface area contributed by atoms with E-state index in [0.29, 0.717) is 31.3 Å². The Kier molecular flexibility index (Phi) is 5.09. The molecule has 1 aliphatic rings. The second kappa shape index (κ2) is 6.81. The molecule has 6 heteroatoms. The van der Waals surface area contributed by atoms with E-state index in [1.165, 1.54) is 0 Å². The topological polar surface area (TPSA) is 58.8 Å². The first-order valence-corrected chi connectivity index (χ1v) is 7.19. The molecular formula is C14H20ClN3O2. The van der Waals surface area contributed by atoms with Crippen molar-refractivity contribution in [3.05, 3.63) is 28.8 Å². The molecule has 0 spiro atoms. The van der Waals surface area contributed by atoms with Crippen LogP contribution in [0.4, 0.5) is 10.5 Å². The van der Waals surface area contributed by atoms with E-state index in [2.05, 4.69) is 4.90 Å². The lowest BCUT2D eigenvalue weighted by Crippen LogP contribution is -2.49. The quantitative estimate of drug-likeness (QED) is 0.928. The predicted octanol–water partition coefficient (Wildman–Crippen LogP) is 2.08. The Balaban J connectivity index is 2.06. The molecule has 2 rings (SSSR count). The summed E-state index contributed by atoms with van der Waals surface area (Å²) in [4.78, 5) is 15.6. The zero-order valence-electron chi connectivity index (χ0n) is 11.6. The Morgan fingerprint density at radius 2 is 2.05 bits per heavy atom. The summed E-state index contributed by atoms with van der Waals surface area (Å²) in [6, 6.07) is 5.76. The maximum Gasteiger partial charge on any atom is 0.409 e. The number of hydrogen-bond donors (Lipinski definition) is 1. The number of para-hydroxylation sites is 1. The van der Waals surface area contributed by atoms with Gasteiger partial charge in [-0.2, -0.15) is 0 Å². The molecule has 0 unspecified atom stereocenters. The van der Waals surface area contributed by atoms with Gasteiger partial charge in [0.25, 0.3) is 0 Å². The van der Waals surface area contributed by atoms with E-state index in [9.17, 15) is 4.79 Å². The van der Waals surface area contributed by atoms with Crippen molar-refractivity contribution in [3.63, 3.8) is 0 Å². The van der Waals surface area contributed by atoms with Crippen molar-refractivity contribution in [3.8, 4) is 0 Å². The van der Waals surface area contributed by atoms with E-state index < -0.39 is 0 Å². The molecule has 1 amide bonds. The van der Waals surface area contributed by atoms with Crippen LogP contribution in [-0.4, -0.2) is 43.8 Å². The highest BCUT2D eigenvalue weighted by molar-refractivity contribution is 6.33. The summed E-state index contributed by atoms with van der Waals surface area (Å²) in [5.41, 5.74) is 7.79. The monoisotopic (exact) mass is 297 g/mol. The number of anilines is 1. The number of hydrogen-bond acceptors (Lipinski definition) is 4. The lowest BCUT2D eigenvalue weighted by molar-refractivity contribution is 0.105. The Morgan fingerprint density at radius 1 is 1.35 bits per heavy atom. The van der Waals surface area contributed by atoms with E-state index in [0.717, 1.165) is 24.3 Å². The van der Waals surface area contributed by atoms with Gasteiger partial charge in [-0.1, -0.05) is 23.7 Å². The molecule has 0 saturated carbocycles. The smallest absolute Gasteiger partial charge is 0.409 e. The van der Waals surface area contributed by atoms with E-state index in [-0.39, 0.29) is 6.09 Å². The standard InChI is InChI=1S/C14H20ClN3O2/c1-2-20-14(19)18-8-6-17(7-9-18)13-11(10-16)4-3-5-12(13)15/h3-5H,2,6-10,16H2,1H3. The molecule has 1 aliphatic heterocycles. The molecular weight excluding hydrogens is 278 g/mol. The summed E-state index contributed by atoms with van der Waals surface area (Å²) in [5, 5.41) is 0.706. The first kappa shape index (κ1) is 14.9. The van der Waals surface area contributed by atoms with Crippen LogP contribution in [0.15, 0.2) is 18.2 Å². The second-order valence-corrected chi connectivity index (χ2v) is 5.03. The van der Waals surface area contributed by atoms with Gasteiger partial charge in [-0.05, 0) is 18.6 Å². The largest absolute Gasteiger partial charge is 0.450 e. The van der Waals surface area contributed by atoms with Crippen LogP contribution in [0.5, 0.6) is 0 Å². The highest BCUT2D eigenvalue weighted by Crippen LogP contribution is 2.30. The minimum atomic E-state index is -0.245. The molecule has 0 radical (unpaired) electrons. The fraction of sp³-hybridized carbons (Fsp3) is 0.500. The Hall–Kier alpha value is -1.46. The van der Waals surface area contributed by atoms with Gasteiger partial charge < -0.3 is 20.3 Å². The maximum absolute atomic E-state index is 11.7. The molecule has 0 aliphatic carbocycles. The molecule has 0 aromatic heterocycles. The van der Waals surface area contributed by atoms with Crippen LogP contribution in [0.3, 0.4) is 0 Å². The van der Waals surface area contributed by atoms with Crippen molar-refractivity contribution < 1.29 is 9.53 Å². The highest BCUT2D eigenvalue weighted by Gasteiger charge is 2.24. The van der Waals surface area contributed by atoms with Gasteiger partial charge in [-0.3, -0.25) is 0 Å². The summed E-state index contributed by atoms with van der Waals surface area (Å²) >= 11 is 6.29. The molecule has 1 heterocycles. The number of piperazine rings is 1. The first-order chi connectivity index (χ1) is 9.67. The second-order valence-electron chi connectivity index (χ2n) is 4.62. The number of amides is 1. The molecule has 5 nitrogen and oxygen atoms in total. The van der Waals surface area contributed by atoms with E-state index in [4.69, 9.17) is 22.1 Å². The maximum atomic E-state index is 11.7. The van der Waals surface area contributed by atoms with Crippen molar-refractivity contribution in [1.29, 1.82) is 0 Å². The fourth-order valence-corrected chi connectivity index (χ4v) is 2.72. The highest BCUT2D eigenvalue weighted by atomic mass is 35.5. The van der Waals surface area contributed by atoms with Gasteiger partial charge in [0.1, 0.15) is 0 Å². The average molecular weight is 298 g/mol. The van der Waals surface area contributed by atoms with E-state index in [1.807, 2.05) is 25.1 Å². The predicted molar refractivity (Wildman–Crippen MR) is 80.2 cm³/mol. The normalized spacial score (nSPS) is 15.3. The Labute approximate surface area is 124 Å².